The maximum absolute atomic E-state index is 11.8. The van der Waals surface area contributed by atoms with E-state index in [2.05, 4.69) is 9.71 Å². The van der Waals surface area contributed by atoms with Crippen molar-refractivity contribution in [1.29, 1.82) is 0 Å². The first-order valence-corrected chi connectivity index (χ1v) is 7.01. The first-order valence-electron chi connectivity index (χ1n) is 4.77. The minimum Gasteiger partial charge on any atom is -0.242 e. The summed E-state index contributed by atoms with van der Waals surface area (Å²) in [7, 11) is -3.60. The molecule has 0 unspecified atom stereocenters. The number of halogens is 2. The molecule has 0 saturated heterocycles. The fourth-order valence-electron chi connectivity index (χ4n) is 0.989. The molecule has 4 nitrogen and oxygen atoms in total. The van der Waals surface area contributed by atoms with Crippen LogP contribution in [0.15, 0.2) is 28.8 Å². The van der Waals surface area contributed by atoms with Crippen LogP contribution in [0, 0.1) is 0 Å². The van der Waals surface area contributed by atoms with Gasteiger partial charge in [0, 0.05) is 12.7 Å². The minimum atomic E-state index is -3.60. The van der Waals surface area contributed by atoms with Crippen LogP contribution < -0.4 is 4.72 Å². The first-order chi connectivity index (χ1) is 7.83. The smallest absolute Gasteiger partial charge is 0.242 e. The van der Waals surface area contributed by atoms with Gasteiger partial charge in [-0.05, 0) is 19.9 Å². The van der Waals surface area contributed by atoms with Crippen LogP contribution in [-0.2, 0) is 10.0 Å². The molecule has 0 spiro atoms. The number of sulfonamides is 1. The molecule has 0 aliphatic carbocycles. The normalized spacial score (nSPS) is 11.3. The van der Waals surface area contributed by atoms with Crippen molar-refractivity contribution in [1.82, 2.24) is 9.71 Å². The molecular formula is C10H12Cl2N2O2S. The Balaban J connectivity index is 2.90. The van der Waals surface area contributed by atoms with Crippen LogP contribution in [0.1, 0.15) is 13.8 Å². The van der Waals surface area contributed by atoms with Gasteiger partial charge >= 0.3 is 0 Å². The molecule has 0 aliphatic rings. The lowest BCUT2D eigenvalue weighted by Crippen LogP contribution is -2.24. The fraction of sp³-hybridized carbons (Fsp3) is 0.300. The number of hydrogen-bond donors (Lipinski definition) is 1. The largest absolute Gasteiger partial charge is 0.242 e. The third-order valence-electron chi connectivity index (χ3n) is 1.87. The highest BCUT2D eigenvalue weighted by molar-refractivity contribution is 7.89. The zero-order chi connectivity index (χ0) is 13.1. The van der Waals surface area contributed by atoms with Gasteiger partial charge < -0.3 is 0 Å². The van der Waals surface area contributed by atoms with Crippen molar-refractivity contribution >= 4 is 33.2 Å². The standard InChI is InChI=1S/C10H12Cl2N2O2S/c1-7(2)3-4-14-17(15,16)8-5-9(11)10(12)13-6-8/h3,5-6,14H,4H2,1-2H3. The Morgan fingerprint density at radius 1 is 1.47 bits per heavy atom. The Bertz CT molecular complexity index is 537. The zero-order valence-electron chi connectivity index (χ0n) is 9.37. The van der Waals surface area contributed by atoms with E-state index in [9.17, 15) is 8.42 Å². The van der Waals surface area contributed by atoms with Crippen molar-refractivity contribution in [2.24, 2.45) is 0 Å². The van der Waals surface area contributed by atoms with Crippen molar-refractivity contribution in [3.63, 3.8) is 0 Å². The topological polar surface area (TPSA) is 59.1 Å². The Kier molecular flexibility index (Phi) is 4.94. The van der Waals surface area contributed by atoms with Crippen LogP contribution in [0.4, 0.5) is 0 Å². The summed E-state index contributed by atoms with van der Waals surface area (Å²) in [5, 5.41) is 0.187. The van der Waals surface area contributed by atoms with E-state index in [1.54, 1.807) is 6.08 Å². The zero-order valence-corrected chi connectivity index (χ0v) is 11.7. The lowest BCUT2D eigenvalue weighted by Gasteiger charge is -2.05. The predicted octanol–water partition coefficient (Wildman–Crippen LogP) is 2.63. The van der Waals surface area contributed by atoms with Gasteiger partial charge in [-0.25, -0.2) is 18.1 Å². The third-order valence-corrected chi connectivity index (χ3v) is 3.94. The Morgan fingerprint density at radius 3 is 2.65 bits per heavy atom. The van der Waals surface area contributed by atoms with Gasteiger partial charge in [0.1, 0.15) is 10.0 Å². The lowest BCUT2D eigenvalue weighted by atomic mass is 10.3. The molecule has 1 heterocycles. The summed E-state index contributed by atoms with van der Waals surface area (Å²) in [5.74, 6) is 0. The highest BCUT2D eigenvalue weighted by Gasteiger charge is 2.15. The molecule has 0 fully saturated rings. The second-order valence-corrected chi connectivity index (χ2v) is 6.11. The molecule has 0 aromatic carbocycles. The molecule has 7 heteroatoms. The predicted molar refractivity (Wildman–Crippen MR) is 68.9 cm³/mol. The summed E-state index contributed by atoms with van der Waals surface area (Å²) in [6.07, 6.45) is 2.93. The lowest BCUT2D eigenvalue weighted by molar-refractivity contribution is 0.585. The van der Waals surface area contributed by atoms with Gasteiger partial charge in [-0.3, -0.25) is 0 Å². The van der Waals surface area contributed by atoms with Gasteiger partial charge in [0.15, 0.2) is 0 Å². The van der Waals surface area contributed by atoms with E-state index < -0.39 is 10.0 Å². The molecule has 0 atom stereocenters. The van der Waals surface area contributed by atoms with E-state index in [1.165, 1.54) is 12.3 Å². The van der Waals surface area contributed by atoms with Crippen LogP contribution in [0.5, 0.6) is 0 Å². The molecular weight excluding hydrogens is 283 g/mol. The van der Waals surface area contributed by atoms with Crippen LogP contribution >= 0.6 is 23.2 Å². The van der Waals surface area contributed by atoms with E-state index in [-0.39, 0.29) is 21.6 Å². The summed E-state index contributed by atoms with van der Waals surface area (Å²) < 4.78 is 26.0. The van der Waals surface area contributed by atoms with E-state index in [4.69, 9.17) is 23.2 Å². The molecule has 17 heavy (non-hydrogen) atoms. The average molecular weight is 295 g/mol. The van der Waals surface area contributed by atoms with E-state index in [1.807, 2.05) is 13.8 Å². The molecule has 1 aromatic rings. The number of nitrogens with zero attached hydrogens (tertiary/aromatic N) is 1. The number of rotatable bonds is 4. The van der Waals surface area contributed by atoms with Crippen molar-refractivity contribution in [2.45, 2.75) is 18.7 Å². The number of nitrogens with one attached hydrogen (secondary N) is 1. The number of aromatic nitrogens is 1. The molecule has 1 rings (SSSR count). The van der Waals surface area contributed by atoms with Gasteiger partial charge in [0.05, 0.1) is 5.02 Å². The van der Waals surface area contributed by atoms with Crippen LogP contribution in [0.3, 0.4) is 0 Å². The monoisotopic (exact) mass is 294 g/mol. The van der Waals surface area contributed by atoms with E-state index in [0.29, 0.717) is 0 Å². The molecule has 0 amide bonds. The molecule has 0 saturated carbocycles. The van der Waals surface area contributed by atoms with E-state index >= 15 is 0 Å². The maximum Gasteiger partial charge on any atom is 0.242 e. The molecule has 0 radical (unpaired) electrons. The summed E-state index contributed by atoms with van der Waals surface area (Å²) >= 11 is 11.3. The highest BCUT2D eigenvalue weighted by atomic mass is 35.5. The second-order valence-electron chi connectivity index (χ2n) is 3.58. The molecule has 0 bridgehead atoms. The number of pyridine rings is 1. The number of allylic oxidation sites excluding steroid dienone is 1. The van der Waals surface area contributed by atoms with Gasteiger partial charge in [-0.1, -0.05) is 34.9 Å². The van der Waals surface area contributed by atoms with Crippen molar-refractivity contribution in [3.8, 4) is 0 Å². The van der Waals surface area contributed by atoms with Crippen molar-refractivity contribution in [3.05, 3.63) is 34.1 Å². The summed E-state index contributed by atoms with van der Waals surface area (Å²) in [6, 6.07) is 1.27. The van der Waals surface area contributed by atoms with Crippen molar-refractivity contribution in [2.75, 3.05) is 6.54 Å². The fourth-order valence-corrected chi connectivity index (χ4v) is 2.26. The van der Waals surface area contributed by atoms with Crippen LogP contribution in [0.25, 0.3) is 0 Å². The third kappa shape index (κ3) is 4.27. The second kappa shape index (κ2) is 5.82. The Labute approximate surface area is 111 Å². The average Bonchev–Trinajstić information content (AvgIpc) is 2.21. The first kappa shape index (κ1) is 14.4. The minimum absolute atomic E-state index is 0.00550. The summed E-state index contributed by atoms with van der Waals surface area (Å²) in [6.45, 7) is 3.99. The highest BCUT2D eigenvalue weighted by Crippen LogP contribution is 2.21. The molecule has 1 aromatic heterocycles. The van der Waals surface area contributed by atoms with Gasteiger partial charge in [0.25, 0.3) is 0 Å². The number of hydrogen-bond acceptors (Lipinski definition) is 3. The van der Waals surface area contributed by atoms with Crippen LogP contribution in [0.2, 0.25) is 10.2 Å². The summed E-state index contributed by atoms with van der Waals surface area (Å²) in [5.41, 5.74) is 1.03. The maximum atomic E-state index is 11.8. The molecule has 1 N–H and O–H groups in total. The van der Waals surface area contributed by atoms with Crippen molar-refractivity contribution < 1.29 is 8.42 Å². The van der Waals surface area contributed by atoms with Crippen LogP contribution in [-0.4, -0.2) is 19.9 Å². The quantitative estimate of drug-likeness (QED) is 0.686. The SMILES string of the molecule is CC(C)=CCNS(=O)(=O)c1cnc(Cl)c(Cl)c1. The summed E-state index contributed by atoms with van der Waals surface area (Å²) in [4.78, 5) is 3.68. The van der Waals surface area contributed by atoms with Gasteiger partial charge in [0.2, 0.25) is 10.0 Å². The van der Waals surface area contributed by atoms with Gasteiger partial charge in [-0.2, -0.15) is 0 Å². The molecule has 94 valence electrons. The molecule has 0 aliphatic heterocycles. The van der Waals surface area contributed by atoms with Gasteiger partial charge in [-0.15, -0.1) is 0 Å². The Hall–Kier alpha value is -0.620. The van der Waals surface area contributed by atoms with E-state index in [0.717, 1.165) is 5.57 Å². The Morgan fingerprint density at radius 2 is 2.12 bits per heavy atom.